The molecular weight excluding hydrogens is 298 g/mol. The second-order valence-corrected chi connectivity index (χ2v) is 5.48. The van der Waals surface area contributed by atoms with Gasteiger partial charge in [0.1, 0.15) is 0 Å². The molecule has 0 aliphatic heterocycles. The largest absolute Gasteiger partial charge is 0.419 e. The summed E-state index contributed by atoms with van der Waals surface area (Å²) in [6.45, 7) is 3.28. The average molecular weight is 314 g/mol. The summed E-state index contributed by atoms with van der Waals surface area (Å²) in [6, 6.07) is 15.7. The van der Waals surface area contributed by atoms with E-state index in [0.717, 1.165) is 28.3 Å². The highest BCUT2D eigenvalue weighted by Gasteiger charge is 2.09. The number of nitrogens with one attached hydrogen (secondary N) is 1. The molecule has 0 aliphatic carbocycles. The van der Waals surface area contributed by atoms with Crippen molar-refractivity contribution in [3.8, 4) is 11.5 Å². The van der Waals surface area contributed by atoms with Crippen LogP contribution in [0.1, 0.15) is 17.0 Å². The quantitative estimate of drug-likeness (QED) is 0.774. The van der Waals surface area contributed by atoms with Gasteiger partial charge in [-0.25, -0.2) is 0 Å². The summed E-state index contributed by atoms with van der Waals surface area (Å²) >= 11 is 5.86. The number of benzene rings is 2. The fourth-order valence-electron chi connectivity index (χ4n) is 2.16. The number of aryl methyl sites for hydroxylation is 1. The molecule has 0 saturated heterocycles. The Morgan fingerprint density at radius 2 is 1.77 bits per heavy atom. The van der Waals surface area contributed by atoms with E-state index in [4.69, 9.17) is 16.0 Å². The fraction of sp³-hybridized carbons (Fsp3) is 0.176. The second-order valence-electron chi connectivity index (χ2n) is 5.05. The summed E-state index contributed by atoms with van der Waals surface area (Å²) in [7, 11) is 0. The lowest BCUT2D eigenvalue weighted by Gasteiger charge is -2.02. The summed E-state index contributed by atoms with van der Waals surface area (Å²) in [4.78, 5) is 0. The third kappa shape index (κ3) is 3.53. The Labute approximate surface area is 134 Å². The van der Waals surface area contributed by atoms with E-state index in [1.807, 2.05) is 55.5 Å². The molecule has 112 valence electrons. The molecule has 1 heterocycles. The van der Waals surface area contributed by atoms with E-state index in [1.54, 1.807) is 0 Å². The zero-order chi connectivity index (χ0) is 15.4. The number of hydrogen-bond acceptors (Lipinski definition) is 4. The van der Waals surface area contributed by atoms with Crippen molar-refractivity contribution in [1.29, 1.82) is 0 Å². The molecule has 4 nitrogen and oxygen atoms in total. The van der Waals surface area contributed by atoms with Crippen LogP contribution in [0.4, 0.5) is 0 Å². The number of nitrogens with zero attached hydrogens (tertiary/aromatic N) is 2. The Morgan fingerprint density at radius 3 is 2.55 bits per heavy atom. The molecule has 3 aromatic rings. The SMILES string of the molecule is Cc1ccccc1-c1nnc(CNCc2ccc(Cl)cc2)o1. The van der Waals surface area contributed by atoms with Crippen molar-refractivity contribution >= 4 is 11.6 Å². The first kappa shape index (κ1) is 14.8. The predicted octanol–water partition coefficient (Wildman–Crippen LogP) is 3.99. The van der Waals surface area contributed by atoms with Gasteiger partial charge in [0.15, 0.2) is 0 Å². The van der Waals surface area contributed by atoms with Crippen molar-refractivity contribution < 1.29 is 4.42 Å². The maximum atomic E-state index is 5.86. The molecule has 0 amide bonds. The number of halogens is 1. The maximum Gasteiger partial charge on any atom is 0.248 e. The van der Waals surface area contributed by atoms with E-state index >= 15 is 0 Å². The van der Waals surface area contributed by atoms with E-state index in [2.05, 4.69) is 15.5 Å². The average Bonchev–Trinajstić information content (AvgIpc) is 2.98. The third-order valence-electron chi connectivity index (χ3n) is 3.36. The lowest BCUT2D eigenvalue weighted by atomic mass is 10.1. The summed E-state index contributed by atoms with van der Waals surface area (Å²) in [5, 5.41) is 12.2. The highest BCUT2D eigenvalue weighted by atomic mass is 35.5. The monoisotopic (exact) mass is 313 g/mol. The van der Waals surface area contributed by atoms with E-state index in [-0.39, 0.29) is 0 Å². The standard InChI is InChI=1S/C17H16ClN3O/c1-12-4-2-3-5-15(12)17-21-20-16(22-17)11-19-10-13-6-8-14(18)9-7-13/h2-9,19H,10-11H2,1H3. The van der Waals surface area contributed by atoms with Crippen molar-refractivity contribution in [2.75, 3.05) is 0 Å². The molecule has 22 heavy (non-hydrogen) atoms. The van der Waals surface area contributed by atoms with Crippen molar-refractivity contribution in [2.24, 2.45) is 0 Å². The van der Waals surface area contributed by atoms with Gasteiger partial charge in [-0.15, -0.1) is 10.2 Å². The van der Waals surface area contributed by atoms with E-state index in [9.17, 15) is 0 Å². The van der Waals surface area contributed by atoms with Gasteiger partial charge in [0, 0.05) is 17.1 Å². The van der Waals surface area contributed by atoms with Crippen molar-refractivity contribution in [2.45, 2.75) is 20.0 Å². The molecule has 0 bridgehead atoms. The smallest absolute Gasteiger partial charge is 0.248 e. The van der Waals surface area contributed by atoms with Crippen LogP contribution in [0.5, 0.6) is 0 Å². The molecule has 0 aliphatic rings. The number of hydrogen-bond donors (Lipinski definition) is 1. The highest BCUT2D eigenvalue weighted by Crippen LogP contribution is 2.21. The Kier molecular flexibility index (Phi) is 4.51. The first-order chi connectivity index (χ1) is 10.7. The first-order valence-corrected chi connectivity index (χ1v) is 7.44. The normalized spacial score (nSPS) is 10.8. The van der Waals surface area contributed by atoms with Crippen molar-refractivity contribution in [1.82, 2.24) is 15.5 Å². The molecule has 2 aromatic carbocycles. The Morgan fingerprint density at radius 1 is 1.00 bits per heavy atom. The van der Waals surface area contributed by atoms with E-state index < -0.39 is 0 Å². The summed E-state index contributed by atoms with van der Waals surface area (Å²) < 4.78 is 5.70. The van der Waals surface area contributed by atoms with Gasteiger partial charge in [-0.1, -0.05) is 41.9 Å². The third-order valence-corrected chi connectivity index (χ3v) is 3.61. The number of rotatable bonds is 5. The lowest BCUT2D eigenvalue weighted by Crippen LogP contribution is -2.12. The molecule has 0 fully saturated rings. The van der Waals surface area contributed by atoms with Gasteiger partial charge in [0.2, 0.25) is 11.8 Å². The van der Waals surface area contributed by atoms with Gasteiger partial charge < -0.3 is 9.73 Å². The van der Waals surface area contributed by atoms with Crippen LogP contribution in [0, 0.1) is 6.92 Å². The van der Waals surface area contributed by atoms with Gasteiger partial charge in [-0.05, 0) is 36.2 Å². The molecule has 3 rings (SSSR count). The second kappa shape index (κ2) is 6.73. The predicted molar refractivity (Wildman–Crippen MR) is 86.5 cm³/mol. The van der Waals surface area contributed by atoms with Crippen molar-refractivity contribution in [3.05, 3.63) is 70.6 Å². The maximum absolute atomic E-state index is 5.86. The lowest BCUT2D eigenvalue weighted by molar-refractivity contribution is 0.477. The zero-order valence-corrected chi connectivity index (χ0v) is 13.0. The topological polar surface area (TPSA) is 51.0 Å². The minimum atomic E-state index is 0.529. The highest BCUT2D eigenvalue weighted by molar-refractivity contribution is 6.30. The molecule has 0 saturated carbocycles. The van der Waals surface area contributed by atoms with Gasteiger partial charge in [-0.3, -0.25) is 0 Å². The van der Waals surface area contributed by atoms with Crippen LogP contribution in [-0.2, 0) is 13.1 Å². The van der Waals surface area contributed by atoms with Crippen LogP contribution >= 0.6 is 11.6 Å². The summed E-state index contributed by atoms with van der Waals surface area (Å²) in [6.07, 6.45) is 0. The van der Waals surface area contributed by atoms with Crippen LogP contribution in [0.25, 0.3) is 11.5 Å². The van der Waals surface area contributed by atoms with Gasteiger partial charge in [0.25, 0.3) is 0 Å². The van der Waals surface area contributed by atoms with Gasteiger partial charge in [-0.2, -0.15) is 0 Å². The molecule has 0 unspecified atom stereocenters. The molecule has 5 heteroatoms. The Hall–Kier alpha value is -2.17. The minimum Gasteiger partial charge on any atom is -0.419 e. The Bertz CT molecular complexity index is 753. The number of aromatic nitrogens is 2. The summed E-state index contributed by atoms with van der Waals surface area (Å²) in [5.74, 6) is 1.13. The first-order valence-electron chi connectivity index (χ1n) is 7.06. The molecule has 0 spiro atoms. The van der Waals surface area contributed by atoms with Gasteiger partial charge >= 0.3 is 0 Å². The molecular formula is C17H16ClN3O. The van der Waals surface area contributed by atoms with E-state index in [0.29, 0.717) is 18.3 Å². The molecule has 1 aromatic heterocycles. The van der Waals surface area contributed by atoms with E-state index in [1.165, 1.54) is 0 Å². The van der Waals surface area contributed by atoms with Crippen LogP contribution in [0.3, 0.4) is 0 Å². The molecule has 0 atom stereocenters. The van der Waals surface area contributed by atoms with Crippen molar-refractivity contribution in [3.63, 3.8) is 0 Å². The van der Waals surface area contributed by atoms with Gasteiger partial charge in [0.05, 0.1) is 6.54 Å². The minimum absolute atomic E-state index is 0.529. The van der Waals surface area contributed by atoms with Crippen LogP contribution in [-0.4, -0.2) is 10.2 Å². The molecule has 0 radical (unpaired) electrons. The van der Waals surface area contributed by atoms with Crippen LogP contribution < -0.4 is 5.32 Å². The Balaban J connectivity index is 1.60. The fourth-order valence-corrected chi connectivity index (χ4v) is 2.29. The van der Waals surface area contributed by atoms with Crippen LogP contribution in [0.2, 0.25) is 5.02 Å². The summed E-state index contributed by atoms with van der Waals surface area (Å²) in [5.41, 5.74) is 3.24. The molecule has 1 N–H and O–H groups in total. The zero-order valence-electron chi connectivity index (χ0n) is 12.2. The van der Waals surface area contributed by atoms with Crippen LogP contribution in [0.15, 0.2) is 52.9 Å².